The summed E-state index contributed by atoms with van der Waals surface area (Å²) < 4.78 is 0. The predicted molar refractivity (Wildman–Crippen MR) is 95.0 cm³/mol. The van der Waals surface area contributed by atoms with Crippen LogP contribution in [0.5, 0.6) is 0 Å². The minimum Gasteiger partial charge on any atom is -0.362 e. The summed E-state index contributed by atoms with van der Waals surface area (Å²) >= 11 is 5.38. The fraction of sp³-hybridized carbons (Fsp3) is 0.278. The van der Waals surface area contributed by atoms with Gasteiger partial charge in [0.05, 0.1) is 0 Å². The Morgan fingerprint density at radius 3 is 2.24 bits per heavy atom. The molecule has 0 saturated carbocycles. The number of nitrogens with one attached hydrogen (secondary N) is 2. The minimum atomic E-state index is 0.681. The van der Waals surface area contributed by atoms with E-state index in [1.165, 1.54) is 22.3 Å². The number of thiocarbonyl (C=S) groups is 1. The highest BCUT2D eigenvalue weighted by Crippen LogP contribution is 2.21. The average Bonchev–Trinajstić information content (AvgIpc) is 2.44. The molecule has 2 aromatic carbocycles. The van der Waals surface area contributed by atoms with Crippen molar-refractivity contribution in [3.8, 4) is 0 Å². The van der Waals surface area contributed by atoms with Crippen molar-refractivity contribution in [2.45, 2.75) is 27.2 Å². The van der Waals surface area contributed by atoms with Gasteiger partial charge in [-0.05, 0) is 56.1 Å². The standard InChI is InChI=1S/C18H22N2S/c1-13-11-14(2)17(15(3)12-13)20-18(21)19-10-9-16-7-5-4-6-8-16/h4-8,11-12H,9-10H2,1-3H3,(H2,19,20,21). The first-order chi connectivity index (χ1) is 10.1. The molecule has 0 aliphatic carbocycles. The molecule has 3 heteroatoms. The topological polar surface area (TPSA) is 24.1 Å². The van der Waals surface area contributed by atoms with E-state index < -0.39 is 0 Å². The Morgan fingerprint density at radius 2 is 1.62 bits per heavy atom. The maximum absolute atomic E-state index is 5.38. The molecular formula is C18H22N2S. The van der Waals surface area contributed by atoms with Gasteiger partial charge in [0.2, 0.25) is 0 Å². The van der Waals surface area contributed by atoms with Crippen molar-refractivity contribution < 1.29 is 0 Å². The van der Waals surface area contributed by atoms with Crippen LogP contribution in [0, 0.1) is 20.8 Å². The summed E-state index contributed by atoms with van der Waals surface area (Å²) in [6, 6.07) is 14.8. The molecule has 0 fully saturated rings. The molecule has 0 saturated heterocycles. The molecule has 21 heavy (non-hydrogen) atoms. The molecule has 0 spiro atoms. The SMILES string of the molecule is Cc1cc(C)c(NC(=S)NCCc2ccccc2)c(C)c1. The van der Waals surface area contributed by atoms with Crippen LogP contribution in [-0.4, -0.2) is 11.7 Å². The second kappa shape index (κ2) is 7.23. The Morgan fingerprint density at radius 1 is 1.00 bits per heavy atom. The lowest BCUT2D eigenvalue weighted by Crippen LogP contribution is -2.30. The molecule has 0 atom stereocenters. The van der Waals surface area contributed by atoms with Crippen molar-refractivity contribution in [3.05, 3.63) is 64.7 Å². The Hall–Kier alpha value is -1.87. The predicted octanol–water partition coefficient (Wildman–Crippen LogP) is 4.14. The number of rotatable bonds is 4. The van der Waals surface area contributed by atoms with E-state index in [0.29, 0.717) is 5.11 Å². The first-order valence-electron chi connectivity index (χ1n) is 7.23. The molecule has 2 rings (SSSR count). The van der Waals surface area contributed by atoms with Gasteiger partial charge >= 0.3 is 0 Å². The lowest BCUT2D eigenvalue weighted by Gasteiger charge is -2.15. The van der Waals surface area contributed by atoms with E-state index in [2.05, 4.69) is 67.8 Å². The van der Waals surface area contributed by atoms with E-state index in [4.69, 9.17) is 12.2 Å². The summed E-state index contributed by atoms with van der Waals surface area (Å²) in [5.74, 6) is 0. The molecule has 2 N–H and O–H groups in total. The van der Waals surface area contributed by atoms with Crippen molar-refractivity contribution in [2.24, 2.45) is 0 Å². The fourth-order valence-electron chi connectivity index (χ4n) is 2.50. The molecule has 2 nitrogen and oxygen atoms in total. The molecule has 0 heterocycles. The van der Waals surface area contributed by atoms with Gasteiger partial charge in [-0.15, -0.1) is 0 Å². The van der Waals surface area contributed by atoms with Crippen molar-refractivity contribution in [2.75, 3.05) is 11.9 Å². The van der Waals surface area contributed by atoms with Gasteiger partial charge in [-0.25, -0.2) is 0 Å². The fourth-order valence-corrected chi connectivity index (χ4v) is 2.70. The zero-order chi connectivity index (χ0) is 15.2. The highest BCUT2D eigenvalue weighted by atomic mass is 32.1. The van der Waals surface area contributed by atoms with Crippen LogP contribution in [0.15, 0.2) is 42.5 Å². The van der Waals surface area contributed by atoms with Crippen LogP contribution in [0.25, 0.3) is 0 Å². The zero-order valence-electron chi connectivity index (χ0n) is 12.9. The maximum Gasteiger partial charge on any atom is 0.170 e. The molecule has 0 radical (unpaired) electrons. The molecular weight excluding hydrogens is 276 g/mol. The van der Waals surface area contributed by atoms with Gasteiger partial charge in [0.1, 0.15) is 0 Å². The lowest BCUT2D eigenvalue weighted by atomic mass is 10.1. The van der Waals surface area contributed by atoms with Gasteiger partial charge < -0.3 is 10.6 Å². The molecule has 0 aliphatic rings. The molecule has 0 amide bonds. The van der Waals surface area contributed by atoms with E-state index in [-0.39, 0.29) is 0 Å². The quantitative estimate of drug-likeness (QED) is 0.830. The summed E-state index contributed by atoms with van der Waals surface area (Å²) in [6.45, 7) is 7.16. The van der Waals surface area contributed by atoms with Crippen LogP contribution in [0.1, 0.15) is 22.3 Å². The third-order valence-corrected chi connectivity index (χ3v) is 3.70. The number of aryl methyl sites for hydroxylation is 3. The van der Waals surface area contributed by atoms with E-state index in [1.54, 1.807) is 0 Å². The minimum absolute atomic E-state index is 0.681. The van der Waals surface area contributed by atoms with E-state index >= 15 is 0 Å². The Labute approximate surface area is 132 Å². The molecule has 0 aliphatic heterocycles. The number of anilines is 1. The van der Waals surface area contributed by atoms with Crippen molar-refractivity contribution in [1.82, 2.24) is 5.32 Å². The Kier molecular flexibility index (Phi) is 5.34. The summed E-state index contributed by atoms with van der Waals surface area (Å²) in [7, 11) is 0. The first kappa shape index (κ1) is 15.5. The second-order valence-electron chi connectivity index (χ2n) is 5.39. The highest BCUT2D eigenvalue weighted by Gasteiger charge is 2.05. The normalized spacial score (nSPS) is 10.2. The molecule has 110 valence electrons. The average molecular weight is 298 g/mol. The van der Waals surface area contributed by atoms with Crippen molar-refractivity contribution in [3.63, 3.8) is 0 Å². The molecule has 0 bridgehead atoms. The van der Waals surface area contributed by atoms with Gasteiger partial charge in [0, 0.05) is 12.2 Å². The van der Waals surface area contributed by atoms with E-state index in [9.17, 15) is 0 Å². The van der Waals surface area contributed by atoms with Crippen molar-refractivity contribution in [1.29, 1.82) is 0 Å². The third kappa shape index (κ3) is 4.57. The van der Waals surface area contributed by atoms with Gasteiger partial charge in [-0.2, -0.15) is 0 Å². The third-order valence-electron chi connectivity index (χ3n) is 3.46. The molecule has 0 unspecified atom stereocenters. The van der Waals surface area contributed by atoms with E-state index in [0.717, 1.165) is 18.7 Å². The largest absolute Gasteiger partial charge is 0.362 e. The van der Waals surface area contributed by atoms with Gasteiger partial charge in [0.15, 0.2) is 5.11 Å². The second-order valence-corrected chi connectivity index (χ2v) is 5.80. The summed E-state index contributed by atoms with van der Waals surface area (Å²) in [6.07, 6.45) is 0.967. The highest BCUT2D eigenvalue weighted by molar-refractivity contribution is 7.80. The van der Waals surface area contributed by atoms with Crippen LogP contribution in [0.2, 0.25) is 0 Å². The Bertz CT molecular complexity index is 597. The van der Waals surface area contributed by atoms with Gasteiger partial charge in [-0.1, -0.05) is 48.0 Å². The number of hydrogen-bond donors (Lipinski definition) is 2. The summed E-state index contributed by atoms with van der Waals surface area (Å²) in [4.78, 5) is 0. The monoisotopic (exact) mass is 298 g/mol. The van der Waals surface area contributed by atoms with Crippen LogP contribution in [0.3, 0.4) is 0 Å². The first-order valence-corrected chi connectivity index (χ1v) is 7.63. The lowest BCUT2D eigenvalue weighted by molar-refractivity contribution is 0.873. The van der Waals surface area contributed by atoms with Crippen LogP contribution in [-0.2, 0) is 6.42 Å². The number of benzene rings is 2. The van der Waals surface area contributed by atoms with Gasteiger partial charge in [0.25, 0.3) is 0 Å². The molecule has 0 aromatic heterocycles. The van der Waals surface area contributed by atoms with Crippen LogP contribution >= 0.6 is 12.2 Å². The summed E-state index contributed by atoms with van der Waals surface area (Å²) in [5.41, 5.74) is 6.14. The zero-order valence-corrected chi connectivity index (χ0v) is 13.7. The maximum atomic E-state index is 5.38. The van der Waals surface area contributed by atoms with Crippen LogP contribution in [0.4, 0.5) is 5.69 Å². The van der Waals surface area contributed by atoms with Crippen molar-refractivity contribution >= 4 is 23.0 Å². The number of hydrogen-bond acceptors (Lipinski definition) is 1. The Balaban J connectivity index is 1.88. The van der Waals surface area contributed by atoms with Gasteiger partial charge in [-0.3, -0.25) is 0 Å². The van der Waals surface area contributed by atoms with E-state index in [1.807, 2.05) is 6.07 Å². The van der Waals surface area contributed by atoms with Crippen LogP contribution < -0.4 is 10.6 Å². The summed E-state index contributed by atoms with van der Waals surface area (Å²) in [5, 5.41) is 7.26. The molecule has 2 aromatic rings. The smallest absolute Gasteiger partial charge is 0.170 e.